The molecular weight excluding hydrogens is 177 g/mol. The topological polar surface area (TPSA) is 63.3 Å². The zero-order valence-corrected chi connectivity index (χ0v) is 7.02. The molecule has 0 saturated heterocycles. The van der Waals surface area contributed by atoms with Crippen LogP contribution in [0.5, 0.6) is 0 Å². The summed E-state index contributed by atoms with van der Waals surface area (Å²) >= 11 is 0. The number of carboxylic acids is 1. The molecule has 0 rings (SSSR count). The van der Waals surface area contributed by atoms with Crippen molar-refractivity contribution >= 4 is 47.9 Å². The van der Waals surface area contributed by atoms with Crippen LogP contribution in [-0.2, 0) is 4.79 Å². The molecule has 5 heteroatoms. The van der Waals surface area contributed by atoms with Gasteiger partial charge in [-0.1, -0.05) is 13.8 Å². The number of aliphatic carboxylic acids is 1. The molecule has 0 radical (unpaired) electrons. The third-order valence-electron chi connectivity index (χ3n) is 1.04. The molecule has 0 spiro atoms. The molecule has 0 amide bonds. The Bertz CT molecular complexity index is 111. The van der Waals surface area contributed by atoms with Gasteiger partial charge < -0.3 is 10.8 Å². The fourth-order valence-electron chi connectivity index (χ4n) is 0.609. The van der Waals surface area contributed by atoms with Gasteiger partial charge in [0, 0.05) is 0 Å². The Morgan fingerprint density at radius 2 is 1.91 bits per heavy atom. The fraction of sp³-hybridized carbons (Fsp3) is 0.833. The fourth-order valence-corrected chi connectivity index (χ4v) is 0.609. The average molecular weight is 192 g/mol. The van der Waals surface area contributed by atoms with Crippen LogP contribution in [0.1, 0.15) is 20.3 Å². The molecule has 3 N–H and O–H groups in total. The van der Waals surface area contributed by atoms with E-state index in [4.69, 9.17) is 10.8 Å². The van der Waals surface area contributed by atoms with E-state index >= 15 is 0 Å². The standard InChI is InChI=1S/C6H13NO2.ClH.Na.H/c1-4(2)3-5(7)6(8)9;;;/h4-5H,3,7H2,1-2H3,(H,8,9);1H;;. The van der Waals surface area contributed by atoms with Gasteiger partial charge in [-0.25, -0.2) is 0 Å². The van der Waals surface area contributed by atoms with Crippen LogP contribution < -0.4 is 5.73 Å². The van der Waals surface area contributed by atoms with E-state index in [0.717, 1.165) is 0 Å². The van der Waals surface area contributed by atoms with Crippen molar-refractivity contribution in [3.8, 4) is 0 Å². The predicted molar refractivity (Wildman–Crippen MR) is 49.5 cm³/mol. The second-order valence-electron chi connectivity index (χ2n) is 2.57. The molecule has 0 heterocycles. The maximum atomic E-state index is 10.1. The zero-order valence-electron chi connectivity index (χ0n) is 6.20. The van der Waals surface area contributed by atoms with Crippen LogP contribution >= 0.6 is 12.4 Å². The van der Waals surface area contributed by atoms with Gasteiger partial charge in [0.25, 0.3) is 0 Å². The van der Waals surface area contributed by atoms with Gasteiger partial charge in [0.05, 0.1) is 0 Å². The number of hydrogen-bond acceptors (Lipinski definition) is 2. The minimum absolute atomic E-state index is 0. The van der Waals surface area contributed by atoms with E-state index in [1.54, 1.807) is 0 Å². The van der Waals surface area contributed by atoms with E-state index in [1.807, 2.05) is 13.8 Å². The summed E-state index contributed by atoms with van der Waals surface area (Å²) in [6.45, 7) is 3.89. The van der Waals surface area contributed by atoms with Gasteiger partial charge in [0.2, 0.25) is 0 Å². The Hall–Kier alpha value is 0.720. The summed E-state index contributed by atoms with van der Waals surface area (Å²) < 4.78 is 0. The SMILES string of the molecule is CC(C)CC(N)C(=O)O.Cl.[NaH]. The summed E-state index contributed by atoms with van der Waals surface area (Å²) in [7, 11) is 0. The summed E-state index contributed by atoms with van der Waals surface area (Å²) in [6, 6.07) is -0.690. The van der Waals surface area contributed by atoms with Crippen molar-refractivity contribution in [3.63, 3.8) is 0 Å². The van der Waals surface area contributed by atoms with E-state index in [-0.39, 0.29) is 42.0 Å². The van der Waals surface area contributed by atoms with Crippen LogP contribution in [0.2, 0.25) is 0 Å². The molecule has 1 atom stereocenters. The molecule has 0 aromatic rings. The first-order chi connectivity index (χ1) is 4.04. The van der Waals surface area contributed by atoms with E-state index in [0.29, 0.717) is 12.3 Å². The molecule has 1 unspecified atom stereocenters. The Balaban J connectivity index is -0.000000320. The van der Waals surface area contributed by atoms with Gasteiger partial charge >= 0.3 is 35.5 Å². The van der Waals surface area contributed by atoms with Gasteiger partial charge in [0.15, 0.2) is 0 Å². The molecule has 0 aromatic carbocycles. The molecular formula is C6H15ClNNaO2. The molecule has 0 aliphatic heterocycles. The van der Waals surface area contributed by atoms with Gasteiger partial charge in [-0.3, -0.25) is 4.79 Å². The molecule has 11 heavy (non-hydrogen) atoms. The first-order valence-corrected chi connectivity index (χ1v) is 3.02. The summed E-state index contributed by atoms with van der Waals surface area (Å²) in [6.07, 6.45) is 0.551. The van der Waals surface area contributed by atoms with Crippen LogP contribution in [0.4, 0.5) is 0 Å². The first-order valence-electron chi connectivity index (χ1n) is 3.02. The number of hydrogen-bond donors (Lipinski definition) is 2. The Labute approximate surface area is 95.4 Å². The van der Waals surface area contributed by atoms with Crippen molar-refractivity contribution in [1.29, 1.82) is 0 Å². The maximum absolute atomic E-state index is 10.1. The van der Waals surface area contributed by atoms with Crippen molar-refractivity contribution in [1.82, 2.24) is 0 Å². The van der Waals surface area contributed by atoms with Crippen molar-refractivity contribution < 1.29 is 9.90 Å². The quantitative estimate of drug-likeness (QED) is 0.628. The molecule has 0 fully saturated rings. The summed E-state index contributed by atoms with van der Waals surface area (Å²) in [5.74, 6) is -0.556. The number of nitrogens with two attached hydrogens (primary N) is 1. The van der Waals surface area contributed by atoms with Crippen molar-refractivity contribution in [2.75, 3.05) is 0 Å². The first kappa shape index (κ1) is 17.7. The molecule has 0 aliphatic rings. The predicted octanol–water partition coefficient (Wildman–Crippen LogP) is 0.218. The molecule has 0 saturated carbocycles. The number of halogens is 1. The van der Waals surface area contributed by atoms with Crippen LogP contribution in [0.15, 0.2) is 0 Å². The third-order valence-corrected chi connectivity index (χ3v) is 1.04. The molecule has 0 aromatic heterocycles. The van der Waals surface area contributed by atoms with Crippen molar-refractivity contribution in [2.45, 2.75) is 26.3 Å². The minimum atomic E-state index is -0.913. The second kappa shape index (κ2) is 8.81. The Morgan fingerprint density at radius 1 is 1.55 bits per heavy atom. The van der Waals surface area contributed by atoms with Gasteiger partial charge in [-0.15, -0.1) is 12.4 Å². The van der Waals surface area contributed by atoms with Crippen LogP contribution in [0.3, 0.4) is 0 Å². The van der Waals surface area contributed by atoms with E-state index in [9.17, 15) is 4.79 Å². The molecule has 0 aliphatic carbocycles. The van der Waals surface area contributed by atoms with Crippen molar-refractivity contribution in [2.24, 2.45) is 11.7 Å². The van der Waals surface area contributed by atoms with Crippen LogP contribution in [-0.4, -0.2) is 46.7 Å². The Kier molecular flexibility index (Phi) is 14.2. The van der Waals surface area contributed by atoms with Gasteiger partial charge in [0.1, 0.15) is 6.04 Å². The van der Waals surface area contributed by atoms with Crippen LogP contribution in [0.25, 0.3) is 0 Å². The van der Waals surface area contributed by atoms with E-state index in [2.05, 4.69) is 0 Å². The number of carbonyl (C=O) groups is 1. The summed E-state index contributed by atoms with van der Waals surface area (Å²) in [4.78, 5) is 10.1. The number of carboxylic acid groups (broad SMARTS) is 1. The normalized spacial score (nSPS) is 11.3. The molecule has 64 valence electrons. The molecule has 3 nitrogen and oxygen atoms in total. The third kappa shape index (κ3) is 10.7. The van der Waals surface area contributed by atoms with E-state index in [1.165, 1.54) is 0 Å². The summed E-state index contributed by atoms with van der Waals surface area (Å²) in [5.41, 5.74) is 5.22. The Morgan fingerprint density at radius 3 is 2.00 bits per heavy atom. The van der Waals surface area contributed by atoms with Gasteiger partial charge in [-0.2, -0.15) is 0 Å². The molecule has 0 bridgehead atoms. The van der Waals surface area contributed by atoms with Gasteiger partial charge in [-0.05, 0) is 12.3 Å². The number of rotatable bonds is 3. The average Bonchev–Trinajstić information content (AvgIpc) is 1.63. The summed E-state index contributed by atoms with van der Waals surface area (Å²) in [5, 5.41) is 8.31. The van der Waals surface area contributed by atoms with Crippen LogP contribution in [0, 0.1) is 5.92 Å². The second-order valence-corrected chi connectivity index (χ2v) is 2.57. The monoisotopic (exact) mass is 191 g/mol. The van der Waals surface area contributed by atoms with Crippen molar-refractivity contribution in [3.05, 3.63) is 0 Å². The van der Waals surface area contributed by atoms with E-state index < -0.39 is 12.0 Å². The zero-order chi connectivity index (χ0) is 7.44.